The lowest BCUT2D eigenvalue weighted by atomic mass is 9.82. The van der Waals surface area contributed by atoms with Crippen LogP contribution in [-0.4, -0.2) is 50.3 Å². The minimum atomic E-state index is -1.31. The molecule has 2 heterocycles. The van der Waals surface area contributed by atoms with Crippen LogP contribution in [0.15, 0.2) is 21.9 Å². The van der Waals surface area contributed by atoms with Gasteiger partial charge >= 0.3 is 5.69 Å². The molecule has 32 heavy (non-hydrogen) atoms. The molecule has 0 unspecified atom stereocenters. The number of rotatable bonds is 15. The first-order valence-corrected chi connectivity index (χ1v) is 12.4. The zero-order valence-electron chi connectivity index (χ0n) is 19.9. The standard InChI is InChI=1S/C24H42N2O6/c1-4-7-10-14-24(15-11-8-5-2,31-17-12-9-6-3)21-19(28)20(29)22(32-21)26-16-13-18(27)25-23(26)30/h13,16,19-22,28-29H,4-12,14-15,17H2,1-3H3,(H,25,27,30)/t19-,20+,21-,22+/m0/s1. The van der Waals surface area contributed by atoms with Crippen LogP contribution in [0.4, 0.5) is 0 Å². The summed E-state index contributed by atoms with van der Waals surface area (Å²) in [6.07, 6.45) is 7.52. The number of hydrogen-bond donors (Lipinski definition) is 3. The number of unbranched alkanes of at least 4 members (excludes halogenated alkanes) is 6. The summed E-state index contributed by atoms with van der Waals surface area (Å²) in [7, 11) is 0. The second kappa shape index (κ2) is 13.3. The van der Waals surface area contributed by atoms with Crippen LogP contribution < -0.4 is 11.2 Å². The number of hydrogen-bond acceptors (Lipinski definition) is 6. The molecule has 0 amide bonds. The van der Waals surface area contributed by atoms with Crippen LogP contribution >= 0.6 is 0 Å². The van der Waals surface area contributed by atoms with Gasteiger partial charge < -0.3 is 19.7 Å². The highest BCUT2D eigenvalue weighted by Crippen LogP contribution is 2.41. The second-order valence-electron chi connectivity index (χ2n) is 8.98. The van der Waals surface area contributed by atoms with Crippen molar-refractivity contribution in [1.29, 1.82) is 0 Å². The maximum Gasteiger partial charge on any atom is 0.330 e. The van der Waals surface area contributed by atoms with Crippen molar-refractivity contribution >= 4 is 0 Å². The number of aromatic amines is 1. The maximum absolute atomic E-state index is 12.3. The predicted octanol–water partition coefficient (Wildman–Crippen LogP) is 3.26. The van der Waals surface area contributed by atoms with E-state index in [2.05, 4.69) is 25.8 Å². The molecule has 0 spiro atoms. The Morgan fingerprint density at radius 2 is 1.56 bits per heavy atom. The van der Waals surface area contributed by atoms with Gasteiger partial charge in [0, 0.05) is 18.9 Å². The van der Waals surface area contributed by atoms with Crippen LogP contribution in [-0.2, 0) is 9.47 Å². The monoisotopic (exact) mass is 454 g/mol. The van der Waals surface area contributed by atoms with E-state index in [4.69, 9.17) is 9.47 Å². The number of nitrogens with zero attached hydrogens (tertiary/aromatic N) is 1. The van der Waals surface area contributed by atoms with Crippen LogP contribution in [0.1, 0.15) is 97.6 Å². The van der Waals surface area contributed by atoms with Crippen LogP contribution in [0.3, 0.4) is 0 Å². The van der Waals surface area contributed by atoms with Gasteiger partial charge in [-0.25, -0.2) is 4.79 Å². The predicted molar refractivity (Wildman–Crippen MR) is 124 cm³/mol. The summed E-state index contributed by atoms with van der Waals surface area (Å²) in [5, 5.41) is 21.9. The molecule has 184 valence electrons. The molecule has 1 aromatic heterocycles. The molecule has 1 aliphatic rings. The summed E-state index contributed by atoms with van der Waals surface area (Å²) < 4.78 is 13.8. The van der Waals surface area contributed by atoms with Crippen molar-refractivity contribution in [2.45, 2.75) is 122 Å². The van der Waals surface area contributed by atoms with Gasteiger partial charge in [0.05, 0.1) is 5.60 Å². The highest BCUT2D eigenvalue weighted by Gasteiger charge is 2.54. The van der Waals surface area contributed by atoms with Gasteiger partial charge in [-0.2, -0.15) is 0 Å². The molecule has 8 heteroatoms. The van der Waals surface area contributed by atoms with E-state index in [0.717, 1.165) is 75.2 Å². The Kier molecular flexibility index (Phi) is 11.1. The summed E-state index contributed by atoms with van der Waals surface area (Å²) in [5.74, 6) is 0. The fraction of sp³-hybridized carbons (Fsp3) is 0.833. The van der Waals surface area contributed by atoms with E-state index >= 15 is 0 Å². The largest absolute Gasteiger partial charge is 0.387 e. The van der Waals surface area contributed by atoms with Gasteiger partial charge in [-0.05, 0) is 19.3 Å². The summed E-state index contributed by atoms with van der Waals surface area (Å²) >= 11 is 0. The molecule has 0 aromatic carbocycles. The third kappa shape index (κ3) is 6.76. The highest BCUT2D eigenvalue weighted by molar-refractivity contribution is 5.02. The van der Waals surface area contributed by atoms with Gasteiger partial charge in [-0.15, -0.1) is 0 Å². The molecule has 1 aromatic rings. The minimum Gasteiger partial charge on any atom is -0.387 e. The van der Waals surface area contributed by atoms with Crippen LogP contribution in [0.25, 0.3) is 0 Å². The third-order valence-electron chi connectivity index (χ3n) is 6.43. The van der Waals surface area contributed by atoms with E-state index in [1.54, 1.807) is 0 Å². The van der Waals surface area contributed by atoms with E-state index in [-0.39, 0.29) is 0 Å². The molecule has 0 bridgehead atoms. The first-order valence-electron chi connectivity index (χ1n) is 12.4. The molecular weight excluding hydrogens is 412 g/mol. The third-order valence-corrected chi connectivity index (χ3v) is 6.43. The molecule has 4 atom stereocenters. The molecule has 2 rings (SSSR count). The smallest absolute Gasteiger partial charge is 0.330 e. The van der Waals surface area contributed by atoms with Crippen LogP contribution in [0.5, 0.6) is 0 Å². The van der Waals surface area contributed by atoms with Crippen molar-refractivity contribution in [3.05, 3.63) is 33.1 Å². The fourth-order valence-electron chi connectivity index (χ4n) is 4.56. The Balaban J connectivity index is 2.34. The fourth-order valence-corrected chi connectivity index (χ4v) is 4.56. The number of aromatic nitrogens is 2. The van der Waals surface area contributed by atoms with Crippen LogP contribution in [0.2, 0.25) is 0 Å². The summed E-state index contributed by atoms with van der Waals surface area (Å²) in [4.78, 5) is 25.9. The molecular formula is C24H42N2O6. The zero-order chi connectivity index (χ0) is 23.6. The van der Waals surface area contributed by atoms with Crippen molar-refractivity contribution in [1.82, 2.24) is 9.55 Å². The van der Waals surface area contributed by atoms with E-state index in [1.165, 1.54) is 12.3 Å². The minimum absolute atomic E-state index is 0.524. The Morgan fingerprint density at radius 3 is 2.12 bits per heavy atom. The van der Waals surface area contributed by atoms with E-state index < -0.39 is 41.4 Å². The molecule has 8 nitrogen and oxygen atoms in total. The summed E-state index contributed by atoms with van der Waals surface area (Å²) in [5.41, 5.74) is -1.94. The van der Waals surface area contributed by atoms with Crippen LogP contribution in [0, 0.1) is 0 Å². The average Bonchev–Trinajstić information content (AvgIpc) is 3.06. The first kappa shape index (κ1) is 26.8. The Labute approximate surface area is 191 Å². The second-order valence-corrected chi connectivity index (χ2v) is 8.98. The van der Waals surface area contributed by atoms with Gasteiger partial charge in [0.25, 0.3) is 5.56 Å². The topological polar surface area (TPSA) is 114 Å². The quantitative estimate of drug-likeness (QED) is 0.351. The lowest BCUT2D eigenvalue weighted by Gasteiger charge is -2.40. The van der Waals surface area contributed by atoms with E-state index in [1.807, 2.05) is 0 Å². The van der Waals surface area contributed by atoms with E-state index in [0.29, 0.717) is 6.61 Å². The summed E-state index contributed by atoms with van der Waals surface area (Å²) in [6, 6.07) is 1.20. The molecule has 3 N–H and O–H groups in total. The number of ether oxygens (including phenoxy) is 2. The highest BCUT2D eigenvalue weighted by atomic mass is 16.6. The molecule has 1 aliphatic heterocycles. The number of nitrogens with one attached hydrogen (secondary N) is 1. The Hall–Kier alpha value is -1.48. The normalized spacial score (nSPS) is 23.7. The van der Waals surface area contributed by atoms with E-state index in [9.17, 15) is 19.8 Å². The number of aliphatic hydroxyl groups excluding tert-OH is 2. The first-order chi connectivity index (χ1) is 15.4. The molecule has 0 saturated carbocycles. The lowest BCUT2D eigenvalue weighted by Crippen LogP contribution is -2.51. The number of aliphatic hydroxyl groups is 2. The Bertz CT molecular complexity index is 766. The Morgan fingerprint density at radius 1 is 0.969 bits per heavy atom. The molecule has 0 radical (unpaired) electrons. The van der Waals surface area contributed by atoms with Gasteiger partial charge in [0.1, 0.15) is 18.3 Å². The van der Waals surface area contributed by atoms with Crippen molar-refractivity contribution in [3.8, 4) is 0 Å². The maximum atomic E-state index is 12.3. The zero-order valence-corrected chi connectivity index (χ0v) is 19.9. The molecule has 0 aliphatic carbocycles. The molecule has 1 fully saturated rings. The molecule has 1 saturated heterocycles. The van der Waals surface area contributed by atoms with Gasteiger partial charge in [-0.1, -0.05) is 72.1 Å². The SMILES string of the molecule is CCCCCOC(CCCCC)(CCCCC)[C@H]1O[C@@H](n2ccc(=O)[nH]c2=O)[C@H](O)[C@@H]1O. The lowest BCUT2D eigenvalue weighted by molar-refractivity contribution is -0.178. The van der Waals surface area contributed by atoms with Crippen molar-refractivity contribution < 1.29 is 19.7 Å². The average molecular weight is 455 g/mol. The van der Waals surface area contributed by atoms with Gasteiger partial charge in [0.15, 0.2) is 6.23 Å². The van der Waals surface area contributed by atoms with Crippen molar-refractivity contribution in [2.24, 2.45) is 0 Å². The van der Waals surface area contributed by atoms with Gasteiger partial charge in [0.2, 0.25) is 0 Å². The van der Waals surface area contributed by atoms with Gasteiger partial charge in [-0.3, -0.25) is 14.3 Å². The van der Waals surface area contributed by atoms with Crippen molar-refractivity contribution in [2.75, 3.05) is 6.61 Å². The number of H-pyrrole nitrogens is 1. The summed E-state index contributed by atoms with van der Waals surface area (Å²) in [6.45, 7) is 6.99. The van der Waals surface area contributed by atoms with Crippen molar-refractivity contribution in [3.63, 3.8) is 0 Å².